The smallest absolute Gasteiger partial charge is 0.0940 e. The molecule has 3 rings (SSSR count). The van der Waals surface area contributed by atoms with Crippen molar-refractivity contribution in [1.82, 2.24) is 0 Å². The van der Waals surface area contributed by atoms with Crippen LogP contribution in [-0.4, -0.2) is 36.6 Å². The van der Waals surface area contributed by atoms with E-state index in [1.54, 1.807) is 0 Å². The Kier molecular flexibility index (Phi) is 2.94. The number of ether oxygens (including phenoxy) is 2. The first-order valence-electron chi connectivity index (χ1n) is 6.69. The van der Waals surface area contributed by atoms with Crippen LogP contribution in [0.15, 0.2) is 0 Å². The van der Waals surface area contributed by atoms with Gasteiger partial charge in [-0.05, 0) is 37.5 Å². The molecular weight excluding hydrogens is 204 g/mol. The molecule has 2 saturated heterocycles. The van der Waals surface area contributed by atoms with Crippen LogP contribution in [0.5, 0.6) is 0 Å². The Labute approximate surface area is 97.1 Å². The van der Waals surface area contributed by atoms with Crippen molar-refractivity contribution in [2.24, 2.45) is 11.8 Å². The van der Waals surface area contributed by atoms with Crippen LogP contribution < -0.4 is 0 Å². The standard InChI is InChI=1S/C13H22O3/c14-12(10-2-1-3-10)11-4-6-16-13(8-11)5-7-15-9-13/h10-12,14H,1-9H2. The maximum atomic E-state index is 10.3. The number of hydrogen-bond acceptors (Lipinski definition) is 3. The normalized spacial score (nSPS) is 42.2. The molecule has 1 N–H and O–H groups in total. The van der Waals surface area contributed by atoms with Crippen molar-refractivity contribution >= 4 is 0 Å². The lowest BCUT2D eigenvalue weighted by Crippen LogP contribution is -2.46. The Bertz CT molecular complexity index is 244. The quantitative estimate of drug-likeness (QED) is 0.779. The summed E-state index contributed by atoms with van der Waals surface area (Å²) in [6, 6.07) is 0. The van der Waals surface area contributed by atoms with Gasteiger partial charge in [-0.25, -0.2) is 0 Å². The van der Waals surface area contributed by atoms with Crippen molar-refractivity contribution in [3.63, 3.8) is 0 Å². The Hall–Kier alpha value is -0.120. The fourth-order valence-corrected chi connectivity index (χ4v) is 3.39. The van der Waals surface area contributed by atoms with Gasteiger partial charge >= 0.3 is 0 Å². The molecule has 1 spiro atoms. The maximum Gasteiger partial charge on any atom is 0.0940 e. The Morgan fingerprint density at radius 1 is 1.12 bits per heavy atom. The molecule has 0 aromatic rings. The molecule has 0 bridgehead atoms. The molecule has 1 saturated carbocycles. The molecule has 3 nitrogen and oxygen atoms in total. The monoisotopic (exact) mass is 226 g/mol. The summed E-state index contributed by atoms with van der Waals surface area (Å²) >= 11 is 0. The van der Waals surface area contributed by atoms with Gasteiger partial charge in [-0.1, -0.05) is 6.42 Å². The van der Waals surface area contributed by atoms with Crippen LogP contribution in [0.25, 0.3) is 0 Å². The summed E-state index contributed by atoms with van der Waals surface area (Å²) in [7, 11) is 0. The van der Waals surface area contributed by atoms with Crippen LogP contribution >= 0.6 is 0 Å². The van der Waals surface area contributed by atoms with Gasteiger partial charge in [0.25, 0.3) is 0 Å². The van der Waals surface area contributed by atoms with Crippen molar-refractivity contribution in [3.8, 4) is 0 Å². The predicted octanol–water partition coefficient (Wildman–Crippen LogP) is 1.73. The summed E-state index contributed by atoms with van der Waals surface area (Å²) < 4.78 is 11.4. The molecule has 3 atom stereocenters. The third-order valence-electron chi connectivity index (χ3n) is 4.71. The molecule has 0 aromatic heterocycles. The second-order valence-corrected chi connectivity index (χ2v) is 5.77. The highest BCUT2D eigenvalue weighted by Gasteiger charge is 2.44. The van der Waals surface area contributed by atoms with E-state index in [4.69, 9.17) is 9.47 Å². The van der Waals surface area contributed by atoms with Crippen LogP contribution in [0.3, 0.4) is 0 Å². The lowest BCUT2D eigenvalue weighted by Gasteiger charge is -2.42. The van der Waals surface area contributed by atoms with Crippen molar-refractivity contribution in [2.75, 3.05) is 19.8 Å². The lowest BCUT2D eigenvalue weighted by molar-refractivity contribution is -0.127. The fraction of sp³-hybridized carbons (Fsp3) is 1.00. The van der Waals surface area contributed by atoms with Crippen LogP contribution in [0, 0.1) is 11.8 Å². The van der Waals surface area contributed by atoms with Gasteiger partial charge in [-0.3, -0.25) is 0 Å². The number of hydrogen-bond donors (Lipinski definition) is 1. The number of aliphatic hydroxyl groups excluding tert-OH is 1. The Morgan fingerprint density at radius 2 is 2.00 bits per heavy atom. The minimum Gasteiger partial charge on any atom is -0.393 e. The zero-order valence-corrected chi connectivity index (χ0v) is 9.86. The summed E-state index contributed by atoms with van der Waals surface area (Å²) in [5.41, 5.74) is -0.0480. The topological polar surface area (TPSA) is 38.7 Å². The average molecular weight is 226 g/mol. The second kappa shape index (κ2) is 4.28. The maximum absolute atomic E-state index is 10.3. The highest BCUT2D eigenvalue weighted by Crippen LogP contribution is 2.41. The van der Waals surface area contributed by atoms with Gasteiger partial charge in [0, 0.05) is 19.6 Å². The minimum absolute atomic E-state index is 0.0480. The molecular formula is C13H22O3. The largest absolute Gasteiger partial charge is 0.393 e. The molecule has 1 aliphatic carbocycles. The third-order valence-corrected chi connectivity index (χ3v) is 4.71. The van der Waals surface area contributed by atoms with E-state index >= 15 is 0 Å². The van der Waals surface area contributed by atoms with Crippen molar-refractivity contribution in [1.29, 1.82) is 0 Å². The van der Waals surface area contributed by atoms with E-state index in [0.717, 1.165) is 39.1 Å². The molecule has 3 aliphatic rings. The van der Waals surface area contributed by atoms with E-state index < -0.39 is 0 Å². The summed E-state index contributed by atoms with van der Waals surface area (Å²) in [5, 5.41) is 10.3. The van der Waals surface area contributed by atoms with Gasteiger partial charge in [0.15, 0.2) is 0 Å². The number of rotatable bonds is 2. The Morgan fingerprint density at radius 3 is 2.62 bits per heavy atom. The SMILES string of the molecule is OC(C1CCC1)C1CCOC2(CCOC2)C1. The zero-order valence-electron chi connectivity index (χ0n) is 9.86. The van der Waals surface area contributed by atoms with Gasteiger partial charge in [-0.2, -0.15) is 0 Å². The summed E-state index contributed by atoms with van der Waals surface area (Å²) in [6.45, 7) is 2.37. The van der Waals surface area contributed by atoms with E-state index in [9.17, 15) is 5.11 Å². The first kappa shape index (κ1) is 11.0. The lowest BCUT2D eigenvalue weighted by atomic mass is 9.72. The first-order valence-corrected chi connectivity index (χ1v) is 6.69. The third kappa shape index (κ3) is 1.89. The fourth-order valence-electron chi connectivity index (χ4n) is 3.39. The van der Waals surface area contributed by atoms with Gasteiger partial charge in [-0.15, -0.1) is 0 Å². The molecule has 2 aliphatic heterocycles. The molecule has 0 amide bonds. The molecule has 3 unspecified atom stereocenters. The van der Waals surface area contributed by atoms with Crippen molar-refractivity contribution < 1.29 is 14.6 Å². The molecule has 3 fully saturated rings. The minimum atomic E-state index is -0.0878. The van der Waals surface area contributed by atoms with Crippen molar-refractivity contribution in [3.05, 3.63) is 0 Å². The van der Waals surface area contributed by atoms with E-state index in [1.807, 2.05) is 0 Å². The van der Waals surface area contributed by atoms with Crippen LogP contribution in [-0.2, 0) is 9.47 Å². The summed E-state index contributed by atoms with van der Waals surface area (Å²) in [6.07, 6.45) is 6.71. The predicted molar refractivity (Wildman–Crippen MR) is 60.2 cm³/mol. The summed E-state index contributed by atoms with van der Waals surface area (Å²) in [5.74, 6) is 1.02. The number of aliphatic hydroxyl groups is 1. The van der Waals surface area contributed by atoms with E-state index in [2.05, 4.69) is 0 Å². The van der Waals surface area contributed by atoms with Gasteiger partial charge in [0.1, 0.15) is 0 Å². The van der Waals surface area contributed by atoms with Crippen LogP contribution in [0.4, 0.5) is 0 Å². The van der Waals surface area contributed by atoms with E-state index in [1.165, 1.54) is 19.3 Å². The Balaban J connectivity index is 1.62. The van der Waals surface area contributed by atoms with E-state index in [0.29, 0.717) is 11.8 Å². The molecule has 0 aromatic carbocycles. The first-order chi connectivity index (χ1) is 7.79. The highest BCUT2D eigenvalue weighted by molar-refractivity contribution is 4.94. The zero-order chi connectivity index (χ0) is 11.0. The van der Waals surface area contributed by atoms with Gasteiger partial charge in [0.05, 0.1) is 18.3 Å². The van der Waals surface area contributed by atoms with Crippen LogP contribution in [0.2, 0.25) is 0 Å². The average Bonchev–Trinajstić information content (AvgIpc) is 2.64. The molecule has 16 heavy (non-hydrogen) atoms. The molecule has 92 valence electrons. The van der Waals surface area contributed by atoms with Gasteiger partial charge in [0.2, 0.25) is 0 Å². The molecule has 0 radical (unpaired) electrons. The molecule has 2 heterocycles. The highest BCUT2D eigenvalue weighted by atomic mass is 16.6. The van der Waals surface area contributed by atoms with E-state index in [-0.39, 0.29) is 11.7 Å². The van der Waals surface area contributed by atoms with Gasteiger partial charge < -0.3 is 14.6 Å². The second-order valence-electron chi connectivity index (χ2n) is 5.77. The van der Waals surface area contributed by atoms with Crippen molar-refractivity contribution in [2.45, 2.75) is 50.2 Å². The van der Waals surface area contributed by atoms with Crippen LogP contribution in [0.1, 0.15) is 38.5 Å². The molecule has 3 heteroatoms. The summed E-state index contributed by atoms with van der Waals surface area (Å²) in [4.78, 5) is 0.